The summed E-state index contributed by atoms with van der Waals surface area (Å²) in [6, 6.07) is 5.69. The van der Waals surface area contributed by atoms with Crippen LogP contribution in [0.15, 0.2) is 24.5 Å². The largest absolute Gasteiger partial charge is 0.307 e. The lowest BCUT2D eigenvalue weighted by Crippen LogP contribution is -1.82. The number of nitrogens with zero attached hydrogens (tertiary/aromatic N) is 3. The van der Waals surface area contributed by atoms with Gasteiger partial charge in [0, 0.05) is 18.1 Å². The number of nitriles is 1. The third-order valence-corrected chi connectivity index (χ3v) is 2.52. The van der Waals surface area contributed by atoms with Crippen molar-refractivity contribution in [3.63, 3.8) is 0 Å². The van der Waals surface area contributed by atoms with Gasteiger partial charge in [0.1, 0.15) is 5.65 Å². The molecule has 2 heterocycles. The molecule has 0 saturated heterocycles. The molecular weight excluding hydrogens is 194 g/mol. The van der Waals surface area contributed by atoms with E-state index in [4.69, 9.17) is 5.26 Å². The number of thioether (sulfide) groups is 1. The summed E-state index contributed by atoms with van der Waals surface area (Å²) in [7, 11) is 0. The monoisotopic (exact) mass is 203 g/mol. The normalized spacial score (nSPS) is 10.3. The molecule has 0 aliphatic rings. The topological polar surface area (TPSA) is 41.1 Å². The predicted octanol–water partition coefficient (Wildman–Crippen LogP) is 2.07. The zero-order valence-electron chi connectivity index (χ0n) is 7.77. The van der Waals surface area contributed by atoms with Gasteiger partial charge in [0.05, 0.1) is 17.3 Å². The van der Waals surface area contributed by atoms with Crippen LogP contribution in [0.1, 0.15) is 11.3 Å². The molecule has 4 heteroatoms. The number of hydrogen-bond acceptors (Lipinski definition) is 3. The summed E-state index contributed by atoms with van der Waals surface area (Å²) in [4.78, 5) is 4.40. The van der Waals surface area contributed by atoms with Crippen LogP contribution in [0, 0.1) is 11.3 Å². The van der Waals surface area contributed by atoms with E-state index in [-0.39, 0.29) is 0 Å². The molecule has 0 aliphatic carbocycles. The molecule has 0 radical (unpaired) electrons. The molecule has 0 atom stereocenters. The van der Waals surface area contributed by atoms with Crippen molar-refractivity contribution in [1.82, 2.24) is 9.38 Å². The number of aromatic nitrogens is 2. The third kappa shape index (κ3) is 1.59. The smallest absolute Gasteiger partial charge is 0.138 e. The molecule has 0 amide bonds. The van der Waals surface area contributed by atoms with Crippen LogP contribution in [0.3, 0.4) is 0 Å². The first kappa shape index (κ1) is 9.10. The van der Waals surface area contributed by atoms with Crippen molar-refractivity contribution >= 4 is 17.4 Å². The van der Waals surface area contributed by atoms with Crippen molar-refractivity contribution in [3.05, 3.63) is 35.8 Å². The van der Waals surface area contributed by atoms with Crippen LogP contribution in [-0.4, -0.2) is 15.6 Å². The van der Waals surface area contributed by atoms with E-state index in [2.05, 4.69) is 11.1 Å². The molecule has 0 aromatic carbocycles. The lowest BCUT2D eigenvalue weighted by molar-refractivity contribution is 1.18. The molecule has 0 unspecified atom stereocenters. The first-order chi connectivity index (χ1) is 6.83. The van der Waals surface area contributed by atoms with Gasteiger partial charge < -0.3 is 4.40 Å². The Labute approximate surface area is 86.4 Å². The SMILES string of the molecule is CSCc1cn2ccc(C#N)cc2n1. The number of fused-ring (bicyclic) bond motifs is 1. The molecule has 0 bridgehead atoms. The van der Waals surface area contributed by atoms with Crippen molar-refractivity contribution < 1.29 is 0 Å². The van der Waals surface area contributed by atoms with Gasteiger partial charge in [-0.1, -0.05) is 0 Å². The Morgan fingerprint density at radius 3 is 3.21 bits per heavy atom. The maximum absolute atomic E-state index is 8.72. The van der Waals surface area contributed by atoms with E-state index in [1.54, 1.807) is 23.9 Å². The van der Waals surface area contributed by atoms with Gasteiger partial charge in [-0.15, -0.1) is 0 Å². The molecule has 2 rings (SSSR count). The van der Waals surface area contributed by atoms with Crippen LogP contribution >= 0.6 is 11.8 Å². The van der Waals surface area contributed by atoms with Gasteiger partial charge in [0.25, 0.3) is 0 Å². The molecule has 2 aromatic rings. The van der Waals surface area contributed by atoms with E-state index in [9.17, 15) is 0 Å². The molecular formula is C10H9N3S. The fraction of sp³-hybridized carbons (Fsp3) is 0.200. The summed E-state index contributed by atoms with van der Waals surface area (Å²) in [5.41, 5.74) is 2.54. The van der Waals surface area contributed by atoms with Crippen LogP contribution in [-0.2, 0) is 5.75 Å². The first-order valence-corrected chi connectivity index (χ1v) is 5.59. The van der Waals surface area contributed by atoms with E-state index >= 15 is 0 Å². The lowest BCUT2D eigenvalue weighted by Gasteiger charge is -1.90. The average molecular weight is 203 g/mol. The van der Waals surface area contributed by atoms with E-state index < -0.39 is 0 Å². The van der Waals surface area contributed by atoms with Crippen LogP contribution < -0.4 is 0 Å². The van der Waals surface area contributed by atoms with Crippen molar-refractivity contribution in [2.24, 2.45) is 0 Å². The fourth-order valence-corrected chi connectivity index (χ4v) is 1.76. The van der Waals surface area contributed by atoms with Gasteiger partial charge in [0.15, 0.2) is 0 Å². The van der Waals surface area contributed by atoms with Crippen LogP contribution in [0.4, 0.5) is 0 Å². The Morgan fingerprint density at radius 1 is 1.64 bits per heavy atom. The van der Waals surface area contributed by atoms with E-state index in [1.807, 2.05) is 23.1 Å². The predicted molar refractivity (Wildman–Crippen MR) is 57.1 cm³/mol. The molecule has 0 N–H and O–H groups in total. The summed E-state index contributed by atoms with van der Waals surface area (Å²) in [6.07, 6.45) is 5.91. The molecule has 3 nitrogen and oxygen atoms in total. The zero-order valence-corrected chi connectivity index (χ0v) is 8.58. The highest BCUT2D eigenvalue weighted by atomic mass is 32.2. The van der Waals surface area contributed by atoms with Crippen molar-refractivity contribution in [1.29, 1.82) is 5.26 Å². The van der Waals surface area contributed by atoms with Crippen molar-refractivity contribution in [3.8, 4) is 6.07 Å². The molecule has 0 aliphatic heterocycles. The Morgan fingerprint density at radius 2 is 2.50 bits per heavy atom. The second-order valence-corrected chi connectivity index (χ2v) is 3.82. The summed E-state index contributed by atoms with van der Waals surface area (Å²) in [5.74, 6) is 0.906. The minimum Gasteiger partial charge on any atom is -0.307 e. The number of hydrogen-bond donors (Lipinski definition) is 0. The second kappa shape index (κ2) is 3.72. The Hall–Kier alpha value is -1.47. The highest BCUT2D eigenvalue weighted by molar-refractivity contribution is 7.97. The summed E-state index contributed by atoms with van der Waals surface area (Å²) in [5, 5.41) is 8.72. The number of rotatable bonds is 2. The van der Waals surface area contributed by atoms with E-state index in [1.165, 1.54) is 0 Å². The van der Waals surface area contributed by atoms with Gasteiger partial charge >= 0.3 is 0 Å². The summed E-state index contributed by atoms with van der Waals surface area (Å²) in [6.45, 7) is 0. The van der Waals surface area contributed by atoms with Crippen molar-refractivity contribution in [2.45, 2.75) is 5.75 Å². The standard InChI is InChI=1S/C10H9N3S/c1-14-7-9-6-13-3-2-8(5-11)4-10(13)12-9/h2-4,6H,7H2,1H3. The van der Waals surface area contributed by atoms with Gasteiger partial charge in [-0.2, -0.15) is 17.0 Å². The molecule has 0 saturated carbocycles. The highest BCUT2D eigenvalue weighted by Crippen LogP contribution is 2.11. The zero-order chi connectivity index (χ0) is 9.97. The average Bonchev–Trinajstić information content (AvgIpc) is 2.59. The summed E-state index contributed by atoms with van der Waals surface area (Å²) < 4.78 is 1.94. The lowest BCUT2D eigenvalue weighted by atomic mass is 10.3. The molecule has 70 valence electrons. The number of imidazole rings is 1. The van der Waals surface area contributed by atoms with Gasteiger partial charge in [0.2, 0.25) is 0 Å². The maximum Gasteiger partial charge on any atom is 0.138 e. The quantitative estimate of drug-likeness (QED) is 0.750. The summed E-state index contributed by atoms with van der Waals surface area (Å²) >= 11 is 1.74. The van der Waals surface area contributed by atoms with Gasteiger partial charge in [-0.25, -0.2) is 4.98 Å². The van der Waals surface area contributed by atoms with Crippen LogP contribution in [0.2, 0.25) is 0 Å². The van der Waals surface area contributed by atoms with Gasteiger partial charge in [-0.05, 0) is 18.4 Å². The molecule has 2 aromatic heterocycles. The molecule has 14 heavy (non-hydrogen) atoms. The second-order valence-electron chi connectivity index (χ2n) is 2.96. The van der Waals surface area contributed by atoms with Crippen molar-refractivity contribution in [2.75, 3.05) is 6.26 Å². The van der Waals surface area contributed by atoms with Crippen LogP contribution in [0.5, 0.6) is 0 Å². The fourth-order valence-electron chi connectivity index (χ4n) is 1.32. The molecule has 0 fully saturated rings. The van der Waals surface area contributed by atoms with E-state index in [0.717, 1.165) is 17.1 Å². The number of pyridine rings is 1. The minimum absolute atomic E-state index is 0.652. The van der Waals surface area contributed by atoms with E-state index in [0.29, 0.717) is 5.56 Å². The Balaban J connectivity index is 2.50. The maximum atomic E-state index is 8.72. The minimum atomic E-state index is 0.652. The Bertz CT molecular complexity index is 496. The van der Waals surface area contributed by atoms with Gasteiger partial charge in [-0.3, -0.25) is 0 Å². The highest BCUT2D eigenvalue weighted by Gasteiger charge is 2.01. The molecule has 0 spiro atoms. The Kier molecular flexibility index (Phi) is 2.42. The first-order valence-electron chi connectivity index (χ1n) is 4.20. The third-order valence-electron chi connectivity index (χ3n) is 1.93. The van der Waals surface area contributed by atoms with Crippen LogP contribution in [0.25, 0.3) is 5.65 Å².